The van der Waals surface area contributed by atoms with Crippen molar-refractivity contribution in [3.05, 3.63) is 99.0 Å². The van der Waals surface area contributed by atoms with Crippen LogP contribution in [0.25, 0.3) is 17.8 Å². The van der Waals surface area contributed by atoms with E-state index < -0.39 is 0 Å². The monoisotopic (exact) mass is 578 g/mol. The first kappa shape index (κ1) is 33.3. The molecule has 0 saturated carbocycles. The van der Waals surface area contributed by atoms with Gasteiger partial charge in [-0.2, -0.15) is 5.26 Å². The molecule has 0 bridgehead atoms. The molecule has 0 aromatic heterocycles. The van der Waals surface area contributed by atoms with Crippen molar-refractivity contribution < 1.29 is 9.53 Å². The minimum atomic E-state index is -0.356. The van der Waals surface area contributed by atoms with Gasteiger partial charge in [0.2, 0.25) is 0 Å². The number of amides is 1. The number of fused-ring (bicyclic) bond motifs is 1. The summed E-state index contributed by atoms with van der Waals surface area (Å²) in [5, 5.41) is 14.5. The van der Waals surface area contributed by atoms with Crippen LogP contribution in [0.3, 0.4) is 0 Å². The van der Waals surface area contributed by atoms with Gasteiger partial charge < -0.3 is 15.0 Å². The molecule has 2 heterocycles. The van der Waals surface area contributed by atoms with Crippen molar-refractivity contribution in [3.8, 4) is 6.07 Å². The van der Waals surface area contributed by atoms with Crippen LogP contribution in [0.1, 0.15) is 87.4 Å². The summed E-state index contributed by atoms with van der Waals surface area (Å²) in [5.41, 5.74) is 6.42. The summed E-state index contributed by atoms with van der Waals surface area (Å²) in [6.45, 7) is 19.8. The molecule has 1 atom stereocenters. The summed E-state index contributed by atoms with van der Waals surface area (Å²) in [4.78, 5) is 20.4. The molecule has 226 valence electrons. The third-order valence-electron chi connectivity index (χ3n) is 7.63. The number of carbonyl (C=O) groups excluding carboxylic acids is 1. The van der Waals surface area contributed by atoms with Gasteiger partial charge in [-0.25, -0.2) is 4.99 Å². The van der Waals surface area contributed by atoms with E-state index in [1.54, 1.807) is 6.07 Å². The lowest BCUT2D eigenvalue weighted by Gasteiger charge is -2.33. The molecule has 1 saturated heterocycles. The molecule has 0 radical (unpaired) electrons. The Bertz CT molecular complexity index is 1570. The van der Waals surface area contributed by atoms with Gasteiger partial charge in [0.25, 0.3) is 5.91 Å². The molecular formula is C37H46N4O2. The topological polar surface area (TPSA) is 77.7 Å². The van der Waals surface area contributed by atoms with Gasteiger partial charge in [0, 0.05) is 30.8 Å². The van der Waals surface area contributed by atoms with E-state index in [4.69, 9.17) is 9.73 Å². The molecule has 1 N–H and O–H groups in total. The number of hydrogen-bond acceptors (Lipinski definition) is 4. The molecule has 0 aliphatic carbocycles. The van der Waals surface area contributed by atoms with Crippen molar-refractivity contribution in [3.63, 3.8) is 0 Å². The third kappa shape index (κ3) is 8.65. The first-order valence-electron chi connectivity index (χ1n) is 15.4. The van der Waals surface area contributed by atoms with Crippen LogP contribution in [0.2, 0.25) is 0 Å². The Balaban J connectivity index is 0.00000248. The maximum atomic E-state index is 13.0. The summed E-state index contributed by atoms with van der Waals surface area (Å²) < 4.78 is 5.48. The zero-order valence-corrected chi connectivity index (χ0v) is 26.7. The number of nitrogens with one attached hydrogen (secondary N) is 1. The first-order valence-corrected chi connectivity index (χ1v) is 15.4. The molecule has 6 nitrogen and oxygen atoms in total. The number of rotatable bonds is 8. The quantitative estimate of drug-likeness (QED) is 0.297. The number of aliphatic imine (C=N–C) groups is 1. The standard InChI is InChI=1S/C35H40N4O2.C2H6/c1-6-24(4)17-34(39-14-9-15-39)38-33(8-3)27-11-10-26(7-2)30(18-27)16-25(5)21-37-35(40)28-12-13-29-22-41-23-31(20-36)32(29)19-28;1-2/h7-8,10-13,16-19,31H,5-6,9,14-15,21-23H2,1-4H3,(H,37,40);1-2H3/b24-17+,26-7-,30-16-,33-8-,38-34-;. The molecule has 6 heteroatoms. The maximum absolute atomic E-state index is 13.0. The number of nitriles is 1. The van der Waals surface area contributed by atoms with Crippen LogP contribution in [0.15, 0.2) is 71.3 Å². The summed E-state index contributed by atoms with van der Waals surface area (Å²) in [6.07, 6.45) is 10.5. The lowest BCUT2D eigenvalue weighted by atomic mass is 9.92. The summed E-state index contributed by atoms with van der Waals surface area (Å²) in [7, 11) is 0. The van der Waals surface area contributed by atoms with Gasteiger partial charge in [-0.3, -0.25) is 4.79 Å². The van der Waals surface area contributed by atoms with Gasteiger partial charge in [-0.1, -0.05) is 63.3 Å². The van der Waals surface area contributed by atoms with E-state index in [0.717, 1.165) is 63.7 Å². The summed E-state index contributed by atoms with van der Waals surface area (Å²) >= 11 is 0. The van der Waals surface area contributed by atoms with Crippen LogP contribution in [-0.4, -0.2) is 42.9 Å². The molecule has 1 amide bonds. The molecule has 4 rings (SSSR count). The second-order valence-electron chi connectivity index (χ2n) is 10.6. The normalized spacial score (nSPS) is 17.7. The highest BCUT2D eigenvalue weighted by molar-refractivity contribution is 5.97. The fraction of sp³-hybridized carbons (Fsp3) is 0.378. The number of benzene rings is 2. The van der Waals surface area contributed by atoms with Crippen molar-refractivity contribution in [2.75, 3.05) is 26.2 Å². The van der Waals surface area contributed by atoms with E-state index in [1.807, 2.05) is 45.9 Å². The van der Waals surface area contributed by atoms with Crippen LogP contribution < -0.4 is 15.8 Å². The molecule has 1 fully saturated rings. The van der Waals surface area contributed by atoms with Gasteiger partial charge in [0.1, 0.15) is 5.84 Å². The largest absolute Gasteiger partial charge is 0.375 e. The van der Waals surface area contributed by atoms with Crippen LogP contribution >= 0.6 is 0 Å². The Labute approximate surface area is 257 Å². The van der Waals surface area contributed by atoms with Crippen molar-refractivity contribution in [1.82, 2.24) is 10.2 Å². The average molecular weight is 579 g/mol. The Kier molecular flexibility index (Phi) is 12.7. The zero-order chi connectivity index (χ0) is 31.4. The molecule has 2 aromatic rings. The molecule has 0 spiro atoms. The second kappa shape index (κ2) is 16.4. The molecule has 43 heavy (non-hydrogen) atoms. The predicted molar refractivity (Wildman–Crippen MR) is 179 cm³/mol. The number of ether oxygens (including phenoxy) is 1. The third-order valence-corrected chi connectivity index (χ3v) is 7.63. The van der Waals surface area contributed by atoms with Crippen LogP contribution in [0.4, 0.5) is 0 Å². The number of carbonyl (C=O) groups is 1. The van der Waals surface area contributed by atoms with Gasteiger partial charge >= 0.3 is 0 Å². The van der Waals surface area contributed by atoms with E-state index in [1.165, 1.54) is 12.0 Å². The minimum Gasteiger partial charge on any atom is -0.375 e. The van der Waals surface area contributed by atoms with Gasteiger partial charge in [0.05, 0.1) is 30.9 Å². The Hall–Kier alpha value is -4.21. The summed E-state index contributed by atoms with van der Waals surface area (Å²) in [5.74, 6) is 0.468. The fourth-order valence-corrected chi connectivity index (χ4v) is 4.85. The van der Waals surface area contributed by atoms with Crippen molar-refractivity contribution >= 4 is 29.6 Å². The highest BCUT2D eigenvalue weighted by atomic mass is 16.5. The van der Waals surface area contributed by atoms with E-state index in [-0.39, 0.29) is 11.8 Å². The maximum Gasteiger partial charge on any atom is 0.251 e. The smallest absolute Gasteiger partial charge is 0.251 e. The summed E-state index contributed by atoms with van der Waals surface area (Å²) in [6, 6.07) is 14.1. The molecule has 2 aliphatic heterocycles. The number of nitrogens with zero attached hydrogens (tertiary/aromatic N) is 3. The first-order chi connectivity index (χ1) is 20.9. The van der Waals surface area contributed by atoms with Gasteiger partial charge in [0.15, 0.2) is 0 Å². The van der Waals surface area contributed by atoms with E-state index in [2.05, 4.69) is 73.1 Å². The van der Waals surface area contributed by atoms with E-state index in [0.29, 0.717) is 25.3 Å². The second-order valence-corrected chi connectivity index (χ2v) is 10.6. The van der Waals surface area contributed by atoms with Gasteiger partial charge in [-0.15, -0.1) is 0 Å². The molecule has 2 aliphatic rings. The van der Waals surface area contributed by atoms with Gasteiger partial charge in [-0.05, 0) is 91.1 Å². The fourth-order valence-electron chi connectivity index (χ4n) is 4.85. The zero-order valence-electron chi connectivity index (χ0n) is 26.7. The van der Waals surface area contributed by atoms with Crippen molar-refractivity contribution in [2.45, 2.75) is 66.9 Å². The SMILES string of the molecule is C=C(/C=c1/cc(C(=C/C)/N=C(/C=C(\C)CC)N2CCC2)cc/c1=C/C)CNC(=O)c1ccc2c(c1)C(C#N)COC2.CC. The number of amidine groups is 1. The highest BCUT2D eigenvalue weighted by Gasteiger charge is 2.22. The van der Waals surface area contributed by atoms with Crippen LogP contribution in [0.5, 0.6) is 0 Å². The minimum absolute atomic E-state index is 0.193. The van der Waals surface area contributed by atoms with Crippen LogP contribution in [-0.2, 0) is 11.3 Å². The lowest BCUT2D eigenvalue weighted by Crippen LogP contribution is -2.41. The Morgan fingerprint density at radius 2 is 1.91 bits per heavy atom. The Morgan fingerprint density at radius 3 is 2.53 bits per heavy atom. The number of likely N-dealkylation sites (tertiary alicyclic amines) is 1. The number of allylic oxidation sites excluding steroid dienone is 2. The number of hydrogen-bond donors (Lipinski definition) is 1. The average Bonchev–Trinajstić information content (AvgIpc) is 3.01. The Morgan fingerprint density at radius 1 is 1.16 bits per heavy atom. The molecule has 2 aromatic carbocycles. The van der Waals surface area contributed by atoms with E-state index >= 15 is 0 Å². The molecule has 1 unspecified atom stereocenters. The van der Waals surface area contributed by atoms with Crippen molar-refractivity contribution in [2.24, 2.45) is 4.99 Å². The molecular weight excluding hydrogens is 532 g/mol. The van der Waals surface area contributed by atoms with Crippen LogP contribution in [0, 0.1) is 11.3 Å². The van der Waals surface area contributed by atoms with Crippen molar-refractivity contribution in [1.29, 1.82) is 5.26 Å². The predicted octanol–water partition coefficient (Wildman–Crippen LogP) is 6.24. The van der Waals surface area contributed by atoms with E-state index in [9.17, 15) is 10.1 Å². The highest BCUT2D eigenvalue weighted by Crippen LogP contribution is 2.27. The lowest BCUT2D eigenvalue weighted by molar-refractivity contribution is 0.0952.